The molecular formula is H4CrCuSiTi. The van der Waals surface area contributed by atoms with Gasteiger partial charge >= 0.3 is 0 Å². The Morgan fingerprint density at radius 2 is 1.00 bits per heavy atom. The zero-order valence-electron chi connectivity index (χ0n) is 1.21. The van der Waals surface area contributed by atoms with Gasteiger partial charge in [0, 0.05) is 56.1 Å². The van der Waals surface area contributed by atoms with Gasteiger partial charge < -0.3 is 0 Å². The molecule has 0 atom stereocenters. The molecule has 0 amide bonds. The maximum Gasteiger partial charge on any atom is 0 e. The van der Waals surface area contributed by atoms with Gasteiger partial charge in [-0.15, -0.1) is 0 Å². The molecule has 0 heterocycles. The summed E-state index contributed by atoms with van der Waals surface area (Å²) in [6, 6.07) is 0. The van der Waals surface area contributed by atoms with Crippen molar-refractivity contribution in [2.75, 3.05) is 0 Å². The van der Waals surface area contributed by atoms with Crippen molar-refractivity contribution in [1.82, 2.24) is 0 Å². The van der Waals surface area contributed by atoms with Crippen LogP contribution in [0.2, 0.25) is 0 Å². The summed E-state index contributed by atoms with van der Waals surface area (Å²) in [6.45, 7) is 0. The Hall–Kier alpha value is 1.98. The average molecular weight is 196 g/mol. The third-order valence-electron chi connectivity index (χ3n) is 0. The minimum absolute atomic E-state index is 0. The standard InChI is InChI=1S/Cr.Cu.H4Si.Ti/h;;1H4;. The fourth-order valence-corrected chi connectivity index (χ4v) is 0. The minimum Gasteiger partial charge on any atom is -0.0149 e. The van der Waals surface area contributed by atoms with E-state index in [0.29, 0.717) is 0 Å². The molecule has 0 aromatic rings. The molecule has 0 aromatic carbocycles. The van der Waals surface area contributed by atoms with Gasteiger partial charge in [-0.25, -0.2) is 0 Å². The van der Waals surface area contributed by atoms with Crippen LogP contribution in [0.1, 0.15) is 0 Å². The SMILES string of the molecule is [Cr].[Cu].[SiH4].[Ti]. The van der Waals surface area contributed by atoms with Crippen LogP contribution >= 0.6 is 0 Å². The molecule has 0 bridgehead atoms. The van der Waals surface area contributed by atoms with Crippen molar-refractivity contribution >= 4 is 11.0 Å². The quantitative estimate of drug-likeness (QED) is 0.415. The van der Waals surface area contributed by atoms with Crippen LogP contribution < -0.4 is 0 Å². The molecule has 0 nitrogen and oxygen atoms in total. The summed E-state index contributed by atoms with van der Waals surface area (Å²) in [7, 11) is 0. The molecule has 0 aliphatic heterocycles. The molecule has 0 aliphatic rings. The van der Waals surface area contributed by atoms with Gasteiger partial charge in [0.05, 0.1) is 0 Å². The van der Waals surface area contributed by atoms with E-state index in [-0.39, 0.29) is 67.1 Å². The molecule has 4 heavy (non-hydrogen) atoms. The summed E-state index contributed by atoms with van der Waals surface area (Å²) >= 11 is 0. The van der Waals surface area contributed by atoms with E-state index in [0.717, 1.165) is 0 Å². The van der Waals surface area contributed by atoms with E-state index in [1.165, 1.54) is 0 Å². The van der Waals surface area contributed by atoms with Gasteiger partial charge in [0.15, 0.2) is 0 Å². The monoisotopic (exact) mass is 195 g/mol. The van der Waals surface area contributed by atoms with E-state index in [1.54, 1.807) is 0 Å². The third-order valence-corrected chi connectivity index (χ3v) is 0. The van der Waals surface area contributed by atoms with Gasteiger partial charge in [0.2, 0.25) is 0 Å². The molecule has 0 fully saturated rings. The van der Waals surface area contributed by atoms with Crippen molar-refractivity contribution in [3.63, 3.8) is 0 Å². The first-order valence-corrected chi connectivity index (χ1v) is 0. The summed E-state index contributed by atoms with van der Waals surface area (Å²) in [5.74, 6) is 0. The van der Waals surface area contributed by atoms with Gasteiger partial charge in [0.1, 0.15) is 0 Å². The zero-order chi connectivity index (χ0) is 0. The molecule has 0 unspecified atom stereocenters. The molecular weight excluding hydrogens is 191 g/mol. The van der Waals surface area contributed by atoms with Crippen LogP contribution in [0.3, 0.4) is 0 Å². The van der Waals surface area contributed by atoms with Crippen LogP contribution in [0.4, 0.5) is 0 Å². The summed E-state index contributed by atoms with van der Waals surface area (Å²) in [4.78, 5) is 0. The molecule has 0 rings (SSSR count). The molecule has 0 aromatic heterocycles. The second kappa shape index (κ2) is 20.1. The van der Waals surface area contributed by atoms with Crippen molar-refractivity contribution in [3.05, 3.63) is 0 Å². The smallest absolute Gasteiger partial charge is 0 e. The van der Waals surface area contributed by atoms with E-state index >= 15 is 0 Å². The normalized spacial score (nSPS) is 0. The molecule has 0 spiro atoms. The van der Waals surface area contributed by atoms with Crippen LogP contribution in [0.5, 0.6) is 0 Å². The van der Waals surface area contributed by atoms with E-state index in [2.05, 4.69) is 0 Å². The molecule has 0 aliphatic carbocycles. The Morgan fingerprint density at radius 1 is 1.00 bits per heavy atom. The van der Waals surface area contributed by atoms with Crippen LogP contribution in [-0.4, -0.2) is 11.0 Å². The Labute approximate surface area is 66.6 Å². The molecule has 0 saturated heterocycles. The topological polar surface area (TPSA) is 0 Å². The summed E-state index contributed by atoms with van der Waals surface area (Å²) in [5, 5.41) is 0. The Bertz CT molecular complexity index is 8.00. The molecule has 0 saturated carbocycles. The van der Waals surface area contributed by atoms with Crippen LogP contribution in [0, 0.1) is 0 Å². The van der Waals surface area contributed by atoms with E-state index in [9.17, 15) is 0 Å². The average Bonchev–Trinajstić information content (AvgIpc) is 0. The van der Waals surface area contributed by atoms with Crippen molar-refractivity contribution in [1.29, 1.82) is 0 Å². The van der Waals surface area contributed by atoms with Crippen molar-refractivity contribution in [3.8, 4) is 0 Å². The Balaban J connectivity index is 0. The van der Waals surface area contributed by atoms with Gasteiger partial charge in [-0.1, -0.05) is 0 Å². The summed E-state index contributed by atoms with van der Waals surface area (Å²) < 4.78 is 0. The number of hydrogen-bond donors (Lipinski definition) is 0. The van der Waals surface area contributed by atoms with Crippen LogP contribution in [0.15, 0.2) is 0 Å². The Kier molecular flexibility index (Phi) is 190. The van der Waals surface area contributed by atoms with Gasteiger partial charge in [0.25, 0.3) is 0 Å². The fourth-order valence-electron chi connectivity index (χ4n) is 0. The van der Waals surface area contributed by atoms with Gasteiger partial charge in [-0.2, -0.15) is 0 Å². The summed E-state index contributed by atoms with van der Waals surface area (Å²) in [5.41, 5.74) is 0. The number of hydrogen-bond acceptors (Lipinski definition) is 0. The molecule has 0 N–H and O–H groups in total. The molecule has 29 valence electrons. The number of rotatable bonds is 0. The maximum absolute atomic E-state index is 0. The van der Waals surface area contributed by atoms with Crippen LogP contribution in [0.25, 0.3) is 0 Å². The van der Waals surface area contributed by atoms with Crippen LogP contribution in [-0.2, 0) is 56.1 Å². The maximum atomic E-state index is 0. The zero-order valence-corrected chi connectivity index (χ0v) is 4.99. The minimum atomic E-state index is 0. The predicted octanol–water partition coefficient (Wildman–Crippen LogP) is -1.46. The van der Waals surface area contributed by atoms with Gasteiger partial charge in [-0.05, 0) is 11.0 Å². The first kappa shape index (κ1) is 37.8. The molecule has 1 radical (unpaired) electrons. The van der Waals surface area contributed by atoms with E-state index in [1.807, 2.05) is 0 Å². The second-order valence-electron chi connectivity index (χ2n) is 0. The van der Waals surface area contributed by atoms with E-state index in [4.69, 9.17) is 0 Å². The van der Waals surface area contributed by atoms with E-state index < -0.39 is 0 Å². The van der Waals surface area contributed by atoms with Crippen molar-refractivity contribution < 1.29 is 56.1 Å². The second-order valence-corrected chi connectivity index (χ2v) is 0. The Morgan fingerprint density at radius 3 is 1.00 bits per heavy atom. The summed E-state index contributed by atoms with van der Waals surface area (Å²) in [6.07, 6.45) is 0. The fraction of sp³-hybridized carbons (Fsp3) is 0. The van der Waals surface area contributed by atoms with Crippen molar-refractivity contribution in [2.45, 2.75) is 0 Å². The molecule has 4 heteroatoms. The first-order chi connectivity index (χ1) is 0. The first-order valence-electron chi connectivity index (χ1n) is 0. The van der Waals surface area contributed by atoms with Crippen molar-refractivity contribution in [2.24, 2.45) is 0 Å². The largest absolute Gasteiger partial charge is 0.0149 e. The third kappa shape index (κ3) is 9.01. The predicted molar refractivity (Wildman–Crippen MR) is 11.3 cm³/mol. The van der Waals surface area contributed by atoms with Gasteiger partial charge in [-0.3, -0.25) is 0 Å².